The van der Waals surface area contributed by atoms with E-state index in [1.54, 1.807) is 11.4 Å². The van der Waals surface area contributed by atoms with E-state index in [0.717, 1.165) is 11.0 Å². The number of rotatable bonds is 6. The fourth-order valence-electron chi connectivity index (χ4n) is 2.18. The Morgan fingerprint density at radius 1 is 1.13 bits per heavy atom. The van der Waals surface area contributed by atoms with Gasteiger partial charge in [0.15, 0.2) is 0 Å². The monoisotopic (exact) mass is 328 g/mol. The van der Waals surface area contributed by atoms with E-state index in [1.165, 1.54) is 11.3 Å². The molecular formula is C17H16N2O3S. The molecule has 3 rings (SSSR count). The van der Waals surface area contributed by atoms with Gasteiger partial charge in [0.25, 0.3) is 5.91 Å². The van der Waals surface area contributed by atoms with Crippen LogP contribution in [0.25, 0.3) is 11.0 Å². The van der Waals surface area contributed by atoms with Crippen molar-refractivity contribution in [2.24, 2.45) is 0 Å². The van der Waals surface area contributed by atoms with Crippen LogP contribution >= 0.6 is 11.3 Å². The number of thiophene rings is 1. The van der Waals surface area contributed by atoms with Crippen LogP contribution in [0.2, 0.25) is 0 Å². The first kappa shape index (κ1) is 15.3. The molecule has 23 heavy (non-hydrogen) atoms. The second kappa shape index (κ2) is 7.11. The molecule has 0 atom stereocenters. The number of furan rings is 1. The highest BCUT2D eigenvalue weighted by molar-refractivity contribution is 7.08. The van der Waals surface area contributed by atoms with E-state index in [2.05, 4.69) is 10.6 Å². The number of amides is 2. The highest BCUT2D eigenvalue weighted by atomic mass is 32.1. The average Bonchev–Trinajstić information content (AvgIpc) is 3.21. The Morgan fingerprint density at radius 3 is 2.78 bits per heavy atom. The van der Waals surface area contributed by atoms with Crippen molar-refractivity contribution in [3.05, 3.63) is 58.5 Å². The van der Waals surface area contributed by atoms with Gasteiger partial charge in [-0.25, -0.2) is 0 Å². The van der Waals surface area contributed by atoms with Crippen LogP contribution in [0.3, 0.4) is 0 Å². The van der Waals surface area contributed by atoms with Crippen LogP contribution in [0.4, 0.5) is 0 Å². The molecule has 0 bridgehead atoms. The third-order valence-electron chi connectivity index (χ3n) is 3.36. The lowest BCUT2D eigenvalue weighted by atomic mass is 10.2. The van der Waals surface area contributed by atoms with Crippen LogP contribution in [-0.4, -0.2) is 18.4 Å². The second-order valence-corrected chi connectivity index (χ2v) is 5.83. The topological polar surface area (TPSA) is 71.3 Å². The maximum Gasteiger partial charge on any atom is 0.252 e. The zero-order valence-electron chi connectivity index (χ0n) is 12.4. The fourth-order valence-corrected chi connectivity index (χ4v) is 2.82. The Labute approximate surface area is 137 Å². The summed E-state index contributed by atoms with van der Waals surface area (Å²) in [4.78, 5) is 23.5. The molecule has 0 unspecified atom stereocenters. The van der Waals surface area contributed by atoms with Crippen molar-refractivity contribution < 1.29 is 14.0 Å². The van der Waals surface area contributed by atoms with Crippen LogP contribution in [0, 0.1) is 0 Å². The van der Waals surface area contributed by atoms with Gasteiger partial charge in [-0.2, -0.15) is 11.3 Å². The van der Waals surface area contributed by atoms with Crippen molar-refractivity contribution in [1.82, 2.24) is 10.6 Å². The molecule has 0 aliphatic rings. The molecule has 5 nitrogen and oxygen atoms in total. The molecule has 0 fully saturated rings. The molecule has 0 saturated carbocycles. The summed E-state index contributed by atoms with van der Waals surface area (Å²) in [6, 6.07) is 11.4. The van der Waals surface area contributed by atoms with E-state index in [9.17, 15) is 9.59 Å². The van der Waals surface area contributed by atoms with Gasteiger partial charge in [-0.05, 0) is 23.6 Å². The molecule has 2 amide bonds. The number of para-hydroxylation sites is 1. The summed E-state index contributed by atoms with van der Waals surface area (Å²) < 4.78 is 5.63. The highest BCUT2D eigenvalue weighted by Gasteiger charge is 2.08. The van der Waals surface area contributed by atoms with Crippen LogP contribution in [0.5, 0.6) is 0 Å². The van der Waals surface area contributed by atoms with Gasteiger partial charge < -0.3 is 15.1 Å². The molecule has 0 aliphatic carbocycles. The predicted molar refractivity (Wildman–Crippen MR) is 89.3 cm³/mol. The summed E-state index contributed by atoms with van der Waals surface area (Å²) >= 11 is 1.46. The van der Waals surface area contributed by atoms with Gasteiger partial charge >= 0.3 is 0 Å². The summed E-state index contributed by atoms with van der Waals surface area (Å²) in [5.74, 6) is 0.425. The van der Waals surface area contributed by atoms with Crippen LogP contribution in [0.15, 0.2) is 51.6 Å². The molecule has 0 radical (unpaired) electrons. The molecule has 2 heterocycles. The second-order valence-electron chi connectivity index (χ2n) is 5.05. The van der Waals surface area contributed by atoms with Gasteiger partial charge in [-0.15, -0.1) is 0 Å². The van der Waals surface area contributed by atoms with Crippen molar-refractivity contribution in [2.45, 2.75) is 13.0 Å². The average molecular weight is 328 g/mol. The Morgan fingerprint density at radius 2 is 2.00 bits per heavy atom. The number of benzene rings is 1. The molecular weight excluding hydrogens is 312 g/mol. The Balaban J connectivity index is 1.42. The number of fused-ring (bicyclic) bond motifs is 1. The van der Waals surface area contributed by atoms with E-state index < -0.39 is 0 Å². The Bertz CT molecular complexity index is 775. The number of carbonyl (C=O) groups is 2. The van der Waals surface area contributed by atoms with Crippen LogP contribution in [-0.2, 0) is 11.3 Å². The molecule has 2 N–H and O–H groups in total. The van der Waals surface area contributed by atoms with Gasteiger partial charge in [0.2, 0.25) is 5.91 Å². The predicted octanol–water partition coefficient (Wildman–Crippen LogP) is 2.93. The van der Waals surface area contributed by atoms with Crippen LogP contribution < -0.4 is 10.6 Å². The third kappa shape index (κ3) is 3.98. The lowest BCUT2D eigenvalue weighted by Crippen LogP contribution is -2.30. The quantitative estimate of drug-likeness (QED) is 0.731. The maximum absolute atomic E-state index is 11.8. The number of carbonyl (C=O) groups excluding carboxylic acids is 2. The van der Waals surface area contributed by atoms with E-state index in [1.807, 2.05) is 35.7 Å². The Kier molecular flexibility index (Phi) is 4.73. The van der Waals surface area contributed by atoms with E-state index in [-0.39, 0.29) is 18.2 Å². The standard InChI is InChI=1S/C17H16N2O3S/c20-16(5-7-18-17(21)13-6-8-23-11-13)19-10-14-9-12-3-1-2-4-15(12)22-14/h1-4,6,8-9,11H,5,7,10H2,(H,18,21)(H,19,20). The minimum atomic E-state index is -0.156. The van der Waals surface area contributed by atoms with Crippen LogP contribution in [0.1, 0.15) is 22.5 Å². The first-order valence-electron chi connectivity index (χ1n) is 7.27. The maximum atomic E-state index is 11.8. The van der Waals surface area contributed by atoms with E-state index in [4.69, 9.17) is 4.42 Å². The minimum absolute atomic E-state index is 0.129. The Hall–Kier alpha value is -2.60. The van der Waals surface area contributed by atoms with E-state index in [0.29, 0.717) is 24.4 Å². The summed E-state index contributed by atoms with van der Waals surface area (Å²) in [6.45, 7) is 0.645. The number of nitrogens with one attached hydrogen (secondary N) is 2. The molecule has 6 heteroatoms. The highest BCUT2D eigenvalue weighted by Crippen LogP contribution is 2.18. The normalized spacial score (nSPS) is 10.6. The first-order chi connectivity index (χ1) is 11.2. The van der Waals surface area contributed by atoms with Crippen molar-refractivity contribution in [3.8, 4) is 0 Å². The molecule has 1 aromatic carbocycles. The van der Waals surface area contributed by atoms with Gasteiger partial charge in [0.1, 0.15) is 11.3 Å². The van der Waals surface area contributed by atoms with Crippen molar-refractivity contribution in [1.29, 1.82) is 0 Å². The van der Waals surface area contributed by atoms with Gasteiger partial charge in [-0.3, -0.25) is 9.59 Å². The third-order valence-corrected chi connectivity index (χ3v) is 4.04. The molecule has 3 aromatic rings. The minimum Gasteiger partial charge on any atom is -0.459 e. The number of hydrogen-bond acceptors (Lipinski definition) is 4. The summed E-state index contributed by atoms with van der Waals surface area (Å²) in [5.41, 5.74) is 1.43. The van der Waals surface area contributed by atoms with Crippen molar-refractivity contribution in [2.75, 3.05) is 6.54 Å². The summed E-state index contributed by atoms with van der Waals surface area (Å²) in [7, 11) is 0. The first-order valence-corrected chi connectivity index (χ1v) is 8.21. The van der Waals surface area contributed by atoms with Gasteiger partial charge in [0, 0.05) is 29.3 Å². The number of hydrogen-bond donors (Lipinski definition) is 2. The van der Waals surface area contributed by atoms with Crippen molar-refractivity contribution in [3.63, 3.8) is 0 Å². The molecule has 0 spiro atoms. The van der Waals surface area contributed by atoms with Crippen molar-refractivity contribution >= 4 is 34.1 Å². The zero-order valence-corrected chi connectivity index (χ0v) is 13.2. The summed E-state index contributed by atoms with van der Waals surface area (Å²) in [6.07, 6.45) is 0.232. The van der Waals surface area contributed by atoms with E-state index >= 15 is 0 Å². The molecule has 2 aromatic heterocycles. The zero-order chi connectivity index (χ0) is 16.1. The fraction of sp³-hybridized carbons (Fsp3) is 0.176. The SMILES string of the molecule is O=C(CCNC(=O)c1ccsc1)NCc1cc2ccccc2o1. The lowest BCUT2D eigenvalue weighted by molar-refractivity contribution is -0.121. The molecule has 118 valence electrons. The van der Waals surface area contributed by atoms with Gasteiger partial charge in [0.05, 0.1) is 6.54 Å². The molecule has 0 saturated heterocycles. The largest absolute Gasteiger partial charge is 0.459 e. The lowest BCUT2D eigenvalue weighted by Gasteiger charge is -2.05. The van der Waals surface area contributed by atoms with Gasteiger partial charge in [-0.1, -0.05) is 18.2 Å². The smallest absolute Gasteiger partial charge is 0.252 e. The molecule has 0 aliphatic heterocycles. The summed E-state index contributed by atoms with van der Waals surface area (Å²) in [5, 5.41) is 10.1.